The zero-order valence-corrected chi connectivity index (χ0v) is 9.83. The van der Waals surface area contributed by atoms with Crippen molar-refractivity contribution in [2.45, 2.75) is 18.5 Å². The number of nitrogens with zero attached hydrogens (tertiary/aromatic N) is 1. The van der Waals surface area contributed by atoms with Gasteiger partial charge in [0.1, 0.15) is 5.75 Å². The molecule has 0 fully saturated rings. The van der Waals surface area contributed by atoms with Crippen LogP contribution in [0.4, 0.5) is 37.7 Å². The van der Waals surface area contributed by atoms with Crippen LogP contribution in [0.2, 0.25) is 0 Å². The summed E-state index contributed by atoms with van der Waals surface area (Å²) in [6, 6.07) is 1.89. The van der Waals surface area contributed by atoms with E-state index in [-0.39, 0.29) is 5.69 Å². The normalized spacial score (nSPS) is 12.4. The number of rotatable bonds is 4. The van der Waals surface area contributed by atoms with Crippen LogP contribution in [0.5, 0.6) is 5.75 Å². The van der Waals surface area contributed by atoms with Crippen molar-refractivity contribution in [2.24, 2.45) is 5.84 Å². The monoisotopic (exact) mass is 319 g/mol. The number of alkyl halides is 6. The zero-order valence-electron chi connectivity index (χ0n) is 9.83. The highest BCUT2D eigenvalue weighted by atomic mass is 19.4. The lowest BCUT2D eigenvalue weighted by Gasteiger charge is -2.23. The SMILES string of the molecule is NNc1cc(OC(C(F)(F)F)C(F)(F)F)cc([N+](=O)[O-])c1. The number of non-ortho nitro benzene ring substituents is 1. The van der Waals surface area contributed by atoms with Gasteiger partial charge in [0, 0.05) is 12.1 Å². The molecule has 21 heavy (non-hydrogen) atoms. The van der Waals surface area contributed by atoms with Crippen LogP contribution in [0.3, 0.4) is 0 Å². The van der Waals surface area contributed by atoms with Gasteiger partial charge in [0.05, 0.1) is 16.7 Å². The van der Waals surface area contributed by atoms with E-state index in [9.17, 15) is 36.5 Å². The minimum Gasteiger partial charge on any atom is -0.471 e. The summed E-state index contributed by atoms with van der Waals surface area (Å²) in [5.74, 6) is 3.91. The Morgan fingerprint density at radius 1 is 1.14 bits per heavy atom. The molecule has 0 radical (unpaired) electrons. The predicted octanol–water partition coefficient (Wildman–Crippen LogP) is 2.75. The summed E-state index contributed by atoms with van der Waals surface area (Å²) in [5, 5.41) is 10.5. The first-order valence-electron chi connectivity index (χ1n) is 5.01. The van der Waals surface area contributed by atoms with Crippen LogP contribution in [0.25, 0.3) is 0 Å². The fourth-order valence-electron chi connectivity index (χ4n) is 1.30. The van der Waals surface area contributed by atoms with E-state index < -0.39 is 34.8 Å². The maximum Gasteiger partial charge on any atom is 0.434 e. The van der Waals surface area contributed by atoms with Crippen molar-refractivity contribution in [3.8, 4) is 5.75 Å². The van der Waals surface area contributed by atoms with Crippen LogP contribution in [0, 0.1) is 10.1 Å². The van der Waals surface area contributed by atoms with E-state index in [2.05, 4.69) is 4.74 Å². The van der Waals surface area contributed by atoms with E-state index in [1.165, 1.54) is 0 Å². The summed E-state index contributed by atoms with van der Waals surface area (Å²) < 4.78 is 77.8. The van der Waals surface area contributed by atoms with E-state index in [4.69, 9.17) is 5.84 Å². The molecule has 0 bridgehead atoms. The zero-order chi connectivity index (χ0) is 16.4. The van der Waals surface area contributed by atoms with Gasteiger partial charge >= 0.3 is 12.4 Å². The van der Waals surface area contributed by atoms with Gasteiger partial charge in [0.2, 0.25) is 0 Å². The van der Waals surface area contributed by atoms with Gasteiger partial charge < -0.3 is 10.2 Å². The first-order valence-corrected chi connectivity index (χ1v) is 5.01. The Morgan fingerprint density at radius 2 is 1.67 bits per heavy atom. The summed E-state index contributed by atoms with van der Waals surface area (Å²) in [4.78, 5) is 9.51. The van der Waals surface area contributed by atoms with Gasteiger partial charge in [-0.25, -0.2) is 0 Å². The molecule has 1 rings (SSSR count). The Labute approximate surface area is 112 Å². The smallest absolute Gasteiger partial charge is 0.434 e. The third kappa shape index (κ3) is 4.37. The van der Waals surface area contributed by atoms with Gasteiger partial charge in [-0.15, -0.1) is 0 Å². The van der Waals surface area contributed by atoms with Crippen LogP contribution >= 0.6 is 0 Å². The van der Waals surface area contributed by atoms with Crippen LogP contribution in [0.1, 0.15) is 0 Å². The molecule has 3 N–H and O–H groups in total. The molecule has 0 aliphatic heterocycles. The Bertz CT molecular complexity index is 516. The molecule has 0 aromatic heterocycles. The topological polar surface area (TPSA) is 90.4 Å². The van der Waals surface area contributed by atoms with Gasteiger partial charge in [-0.1, -0.05) is 0 Å². The number of hydrogen-bond acceptors (Lipinski definition) is 5. The maximum atomic E-state index is 12.3. The lowest BCUT2D eigenvalue weighted by Crippen LogP contribution is -2.46. The van der Waals surface area contributed by atoms with E-state index in [1.54, 1.807) is 0 Å². The minimum absolute atomic E-state index is 0.290. The molecule has 0 spiro atoms. The van der Waals surface area contributed by atoms with Gasteiger partial charge in [-0.2, -0.15) is 26.3 Å². The molecule has 0 amide bonds. The predicted molar refractivity (Wildman–Crippen MR) is 57.4 cm³/mol. The van der Waals surface area contributed by atoms with E-state index in [0.717, 1.165) is 6.07 Å². The summed E-state index contributed by atoms with van der Waals surface area (Å²) in [6.45, 7) is 0. The maximum absolute atomic E-state index is 12.3. The lowest BCUT2D eigenvalue weighted by atomic mass is 10.2. The molecule has 0 heterocycles. The second kappa shape index (κ2) is 5.63. The van der Waals surface area contributed by atoms with Gasteiger partial charge in [-0.3, -0.25) is 16.0 Å². The number of anilines is 1. The van der Waals surface area contributed by atoms with Crippen LogP contribution < -0.4 is 16.0 Å². The van der Waals surface area contributed by atoms with Crippen LogP contribution in [-0.2, 0) is 0 Å². The molecule has 0 atom stereocenters. The third-order valence-electron chi connectivity index (χ3n) is 2.12. The Morgan fingerprint density at radius 3 is 2.05 bits per heavy atom. The lowest BCUT2D eigenvalue weighted by molar-refractivity contribution is -0.385. The molecule has 0 saturated heterocycles. The van der Waals surface area contributed by atoms with E-state index in [1.807, 2.05) is 5.43 Å². The van der Waals surface area contributed by atoms with E-state index >= 15 is 0 Å². The first kappa shape index (κ1) is 16.8. The fourth-order valence-corrected chi connectivity index (χ4v) is 1.30. The fraction of sp³-hybridized carbons (Fsp3) is 0.333. The number of hydrazine groups is 1. The van der Waals surface area contributed by atoms with Gasteiger partial charge in [-0.05, 0) is 0 Å². The molecule has 0 aliphatic carbocycles. The Hall–Kier alpha value is -2.24. The molecule has 1 aromatic rings. The molecular weight excluding hydrogens is 312 g/mol. The number of nitro groups is 1. The largest absolute Gasteiger partial charge is 0.471 e. The molecule has 0 aliphatic rings. The number of hydrogen-bond donors (Lipinski definition) is 2. The second-order valence-electron chi connectivity index (χ2n) is 3.70. The number of halogens is 6. The molecule has 0 unspecified atom stereocenters. The summed E-state index contributed by atoms with van der Waals surface area (Å²) in [6.07, 6.45) is -15.6. The van der Waals surface area contributed by atoms with Crippen molar-refractivity contribution in [1.82, 2.24) is 0 Å². The Kier molecular flexibility index (Phi) is 4.51. The second-order valence-corrected chi connectivity index (χ2v) is 3.70. The molecule has 12 heteroatoms. The van der Waals surface area contributed by atoms with Gasteiger partial charge in [0.15, 0.2) is 0 Å². The Balaban J connectivity index is 3.21. The highest BCUT2D eigenvalue weighted by Crippen LogP contribution is 2.37. The quantitative estimate of drug-likeness (QED) is 0.385. The summed E-state index contributed by atoms with van der Waals surface area (Å²) in [5.41, 5.74) is 0.788. The average Bonchev–Trinajstić information content (AvgIpc) is 2.32. The van der Waals surface area contributed by atoms with Crippen molar-refractivity contribution in [1.29, 1.82) is 0 Å². The number of benzene rings is 1. The van der Waals surface area contributed by atoms with Crippen LogP contribution in [-0.4, -0.2) is 23.4 Å². The number of ether oxygens (including phenoxy) is 1. The van der Waals surface area contributed by atoms with Crippen molar-refractivity contribution in [3.05, 3.63) is 28.3 Å². The highest BCUT2D eigenvalue weighted by Gasteiger charge is 2.59. The highest BCUT2D eigenvalue weighted by molar-refractivity contribution is 5.55. The van der Waals surface area contributed by atoms with Crippen molar-refractivity contribution >= 4 is 11.4 Å². The average molecular weight is 319 g/mol. The molecule has 1 aromatic carbocycles. The van der Waals surface area contributed by atoms with Crippen molar-refractivity contribution in [3.63, 3.8) is 0 Å². The standard InChI is InChI=1S/C9H7F6N3O3/c10-8(11,12)7(9(13,14)15)21-6-2-4(17-16)1-5(3-6)18(19)20/h1-3,7,17H,16H2. The number of nitrogen functional groups attached to an aromatic ring is 1. The van der Waals surface area contributed by atoms with Crippen LogP contribution in [0.15, 0.2) is 18.2 Å². The first-order chi connectivity index (χ1) is 9.45. The molecule has 6 nitrogen and oxygen atoms in total. The molecular formula is C9H7F6N3O3. The number of nitro benzene ring substituents is 1. The number of nitrogens with one attached hydrogen (secondary N) is 1. The van der Waals surface area contributed by atoms with Crippen molar-refractivity contribution in [2.75, 3.05) is 5.43 Å². The summed E-state index contributed by atoms with van der Waals surface area (Å²) >= 11 is 0. The van der Waals surface area contributed by atoms with Gasteiger partial charge in [0.25, 0.3) is 11.8 Å². The van der Waals surface area contributed by atoms with Crippen molar-refractivity contribution < 1.29 is 36.0 Å². The third-order valence-corrected chi connectivity index (χ3v) is 2.12. The summed E-state index contributed by atoms with van der Waals surface area (Å²) in [7, 11) is 0. The molecule has 0 saturated carbocycles. The molecule has 118 valence electrons. The minimum atomic E-state index is -5.74. The number of nitrogens with two attached hydrogens (primary N) is 1. The van der Waals surface area contributed by atoms with E-state index in [0.29, 0.717) is 12.1 Å².